The summed E-state index contributed by atoms with van der Waals surface area (Å²) in [5, 5.41) is 7.49. The van der Waals surface area contributed by atoms with Crippen LogP contribution >= 0.6 is 23.2 Å². The number of nitrogens with one attached hydrogen (secondary N) is 2. The zero-order valence-corrected chi connectivity index (χ0v) is 15.2. The van der Waals surface area contributed by atoms with Crippen molar-refractivity contribution >= 4 is 41.2 Å². The molecule has 2 rings (SSSR count). The second-order valence-corrected chi connectivity index (χ2v) is 6.38. The Morgan fingerprint density at radius 3 is 2.44 bits per heavy atom. The largest absolute Gasteiger partial charge is 0.350 e. The number of amides is 2. The second-order valence-electron chi connectivity index (χ2n) is 5.54. The SMILES string of the molecule is CC(C)NC(=O)c1ccc(Cl)cc1C(=O)N/N=C/c1ccccc1Cl. The van der Waals surface area contributed by atoms with Crippen LogP contribution < -0.4 is 10.7 Å². The van der Waals surface area contributed by atoms with E-state index in [4.69, 9.17) is 23.2 Å². The third-order valence-electron chi connectivity index (χ3n) is 3.17. The third-order valence-corrected chi connectivity index (χ3v) is 3.74. The summed E-state index contributed by atoms with van der Waals surface area (Å²) in [5.74, 6) is -0.897. The van der Waals surface area contributed by atoms with E-state index in [0.717, 1.165) is 0 Å². The van der Waals surface area contributed by atoms with Crippen LogP contribution in [0.25, 0.3) is 0 Å². The molecule has 0 aliphatic rings. The van der Waals surface area contributed by atoms with Crippen LogP contribution in [0.1, 0.15) is 40.1 Å². The van der Waals surface area contributed by atoms with Gasteiger partial charge in [0.1, 0.15) is 0 Å². The smallest absolute Gasteiger partial charge is 0.272 e. The molecule has 7 heteroatoms. The minimum Gasteiger partial charge on any atom is -0.350 e. The maximum absolute atomic E-state index is 12.4. The summed E-state index contributed by atoms with van der Waals surface area (Å²) in [6.07, 6.45) is 1.43. The van der Waals surface area contributed by atoms with Crippen molar-refractivity contribution in [3.63, 3.8) is 0 Å². The molecule has 2 aromatic rings. The number of carbonyl (C=O) groups excluding carboxylic acids is 2. The van der Waals surface area contributed by atoms with E-state index < -0.39 is 5.91 Å². The van der Waals surface area contributed by atoms with Crippen molar-refractivity contribution < 1.29 is 9.59 Å². The van der Waals surface area contributed by atoms with Gasteiger partial charge in [0, 0.05) is 21.7 Å². The molecule has 0 atom stereocenters. The van der Waals surface area contributed by atoms with Crippen molar-refractivity contribution in [1.82, 2.24) is 10.7 Å². The highest BCUT2D eigenvalue weighted by molar-refractivity contribution is 6.33. The maximum atomic E-state index is 12.4. The fourth-order valence-corrected chi connectivity index (χ4v) is 2.40. The highest BCUT2D eigenvalue weighted by Gasteiger charge is 2.18. The fourth-order valence-electron chi connectivity index (χ4n) is 2.04. The molecule has 0 unspecified atom stereocenters. The van der Waals surface area contributed by atoms with E-state index in [0.29, 0.717) is 15.6 Å². The van der Waals surface area contributed by atoms with Crippen LogP contribution in [0.15, 0.2) is 47.6 Å². The van der Waals surface area contributed by atoms with Gasteiger partial charge in [0.05, 0.1) is 17.3 Å². The van der Waals surface area contributed by atoms with E-state index in [9.17, 15) is 9.59 Å². The van der Waals surface area contributed by atoms with Gasteiger partial charge >= 0.3 is 0 Å². The summed E-state index contributed by atoms with van der Waals surface area (Å²) in [5.41, 5.74) is 3.41. The third kappa shape index (κ3) is 5.31. The summed E-state index contributed by atoms with van der Waals surface area (Å²) in [7, 11) is 0. The second kappa shape index (κ2) is 8.65. The Hall–Kier alpha value is -2.37. The van der Waals surface area contributed by atoms with Gasteiger partial charge in [-0.25, -0.2) is 5.43 Å². The predicted molar refractivity (Wildman–Crippen MR) is 101 cm³/mol. The van der Waals surface area contributed by atoms with Crippen LogP contribution in [0.4, 0.5) is 0 Å². The minimum absolute atomic E-state index is 0.0580. The average Bonchev–Trinajstić information content (AvgIpc) is 2.55. The normalized spacial score (nSPS) is 10.9. The van der Waals surface area contributed by atoms with Crippen molar-refractivity contribution in [3.8, 4) is 0 Å². The number of halogens is 2. The molecule has 0 bridgehead atoms. The quantitative estimate of drug-likeness (QED) is 0.612. The lowest BCUT2D eigenvalue weighted by molar-refractivity contribution is 0.0914. The van der Waals surface area contributed by atoms with Crippen molar-refractivity contribution in [3.05, 3.63) is 69.2 Å². The maximum Gasteiger partial charge on any atom is 0.272 e. The molecule has 2 aromatic carbocycles. The lowest BCUT2D eigenvalue weighted by Crippen LogP contribution is -2.32. The average molecular weight is 378 g/mol. The number of hydrogen-bond donors (Lipinski definition) is 2. The summed E-state index contributed by atoms with van der Waals surface area (Å²) < 4.78 is 0. The Morgan fingerprint density at radius 1 is 1.04 bits per heavy atom. The first-order valence-electron chi connectivity index (χ1n) is 7.57. The first-order valence-corrected chi connectivity index (χ1v) is 8.32. The number of rotatable bonds is 5. The Labute approximate surface area is 156 Å². The monoisotopic (exact) mass is 377 g/mol. The van der Waals surface area contributed by atoms with Crippen molar-refractivity contribution in [2.45, 2.75) is 19.9 Å². The van der Waals surface area contributed by atoms with Crippen LogP contribution in [0.5, 0.6) is 0 Å². The van der Waals surface area contributed by atoms with E-state index in [-0.39, 0.29) is 23.1 Å². The van der Waals surface area contributed by atoms with Crippen molar-refractivity contribution in [2.75, 3.05) is 0 Å². The molecule has 0 aliphatic heterocycles. The van der Waals surface area contributed by atoms with Gasteiger partial charge in [-0.15, -0.1) is 0 Å². The summed E-state index contributed by atoms with van der Waals surface area (Å²) in [6.45, 7) is 3.67. The standard InChI is InChI=1S/C18H17Cl2N3O2/c1-11(2)22-17(24)14-8-7-13(19)9-15(14)18(25)23-21-10-12-5-3-4-6-16(12)20/h3-11H,1-2H3,(H,22,24)(H,23,25)/b21-10+. The van der Waals surface area contributed by atoms with Gasteiger partial charge in [-0.3, -0.25) is 9.59 Å². The molecule has 0 fully saturated rings. The number of hydrazone groups is 1. The molecule has 0 aliphatic carbocycles. The molecule has 25 heavy (non-hydrogen) atoms. The summed E-state index contributed by atoms with van der Waals surface area (Å²) in [6, 6.07) is 11.5. The molecule has 0 saturated heterocycles. The van der Waals surface area contributed by atoms with Gasteiger partial charge < -0.3 is 5.32 Å². The van der Waals surface area contributed by atoms with Gasteiger partial charge in [0.15, 0.2) is 0 Å². The molecule has 2 N–H and O–H groups in total. The van der Waals surface area contributed by atoms with Crippen molar-refractivity contribution in [1.29, 1.82) is 0 Å². The van der Waals surface area contributed by atoms with E-state index in [1.54, 1.807) is 30.3 Å². The van der Waals surface area contributed by atoms with Crippen LogP contribution in [0.2, 0.25) is 10.0 Å². The number of nitrogens with zero attached hydrogens (tertiary/aromatic N) is 1. The zero-order chi connectivity index (χ0) is 18.4. The van der Waals surface area contributed by atoms with Crippen LogP contribution in [-0.2, 0) is 0 Å². The van der Waals surface area contributed by atoms with Gasteiger partial charge in [-0.2, -0.15) is 5.10 Å². The Morgan fingerprint density at radius 2 is 1.76 bits per heavy atom. The minimum atomic E-state index is -0.542. The Kier molecular flexibility index (Phi) is 6.56. The Balaban J connectivity index is 2.19. The molecular weight excluding hydrogens is 361 g/mol. The predicted octanol–water partition coefficient (Wildman–Crippen LogP) is 3.90. The van der Waals surface area contributed by atoms with Gasteiger partial charge in [0.2, 0.25) is 0 Å². The lowest BCUT2D eigenvalue weighted by atomic mass is 10.1. The zero-order valence-electron chi connectivity index (χ0n) is 13.7. The highest BCUT2D eigenvalue weighted by atomic mass is 35.5. The van der Waals surface area contributed by atoms with E-state index in [2.05, 4.69) is 15.8 Å². The summed E-state index contributed by atoms with van der Waals surface area (Å²) >= 11 is 12.0. The van der Waals surface area contributed by atoms with Gasteiger partial charge in [-0.1, -0.05) is 41.4 Å². The van der Waals surface area contributed by atoms with Gasteiger partial charge in [0.25, 0.3) is 11.8 Å². The first-order chi connectivity index (χ1) is 11.9. The lowest BCUT2D eigenvalue weighted by Gasteiger charge is -2.11. The molecule has 0 heterocycles. The molecule has 130 valence electrons. The Bertz CT molecular complexity index is 820. The molecule has 5 nitrogen and oxygen atoms in total. The summed E-state index contributed by atoms with van der Waals surface area (Å²) in [4.78, 5) is 24.6. The van der Waals surface area contributed by atoms with Crippen molar-refractivity contribution in [2.24, 2.45) is 5.10 Å². The molecule has 0 saturated carbocycles. The first kappa shape index (κ1) is 19.0. The molecule has 0 spiro atoms. The molecule has 2 amide bonds. The highest BCUT2D eigenvalue weighted by Crippen LogP contribution is 2.17. The van der Waals surface area contributed by atoms with E-state index in [1.165, 1.54) is 18.3 Å². The van der Waals surface area contributed by atoms with Crippen LogP contribution in [0, 0.1) is 0 Å². The number of hydrogen-bond acceptors (Lipinski definition) is 3. The number of benzene rings is 2. The van der Waals surface area contributed by atoms with E-state index >= 15 is 0 Å². The fraction of sp³-hybridized carbons (Fsp3) is 0.167. The topological polar surface area (TPSA) is 70.6 Å². The van der Waals surface area contributed by atoms with E-state index in [1.807, 2.05) is 13.8 Å². The number of carbonyl (C=O) groups is 2. The molecule has 0 aromatic heterocycles. The van der Waals surface area contributed by atoms with Crippen LogP contribution in [0.3, 0.4) is 0 Å². The molecule has 0 radical (unpaired) electrons. The van der Waals surface area contributed by atoms with Gasteiger partial charge in [-0.05, 0) is 38.1 Å². The molecular formula is C18H17Cl2N3O2. The van der Waals surface area contributed by atoms with Crippen LogP contribution in [-0.4, -0.2) is 24.1 Å².